The number of para-hydroxylation sites is 1. The molecule has 3 rings (SSSR count). The van der Waals surface area contributed by atoms with E-state index in [1.165, 1.54) is 5.01 Å². The maximum Gasteiger partial charge on any atom is 0.341 e. The van der Waals surface area contributed by atoms with E-state index in [0.29, 0.717) is 5.70 Å². The Morgan fingerprint density at radius 1 is 1.18 bits per heavy atom. The molecule has 3 amide bonds. The van der Waals surface area contributed by atoms with Gasteiger partial charge in [0.1, 0.15) is 0 Å². The van der Waals surface area contributed by atoms with Crippen molar-refractivity contribution >= 4 is 22.8 Å². The summed E-state index contributed by atoms with van der Waals surface area (Å²) >= 11 is 0. The molecule has 1 aromatic heterocycles. The molecule has 0 saturated carbocycles. The van der Waals surface area contributed by atoms with Crippen LogP contribution >= 0.6 is 0 Å². The number of urea groups is 1. The van der Waals surface area contributed by atoms with Gasteiger partial charge >= 0.3 is 6.03 Å². The number of amides is 3. The van der Waals surface area contributed by atoms with Crippen LogP contribution in [0.1, 0.15) is 57.9 Å². The number of hydrogen-bond acceptors (Lipinski definition) is 2. The Kier molecular flexibility index (Phi) is 6.07. The van der Waals surface area contributed by atoms with Crippen LogP contribution in [-0.2, 0) is 11.2 Å². The highest BCUT2D eigenvalue weighted by atomic mass is 16.2. The number of hydrazine groups is 1. The average molecular weight is 383 g/mol. The van der Waals surface area contributed by atoms with Crippen molar-refractivity contribution in [1.82, 2.24) is 20.7 Å². The number of aromatic amines is 1. The third-order valence-electron chi connectivity index (χ3n) is 5.55. The third-order valence-corrected chi connectivity index (χ3v) is 5.55. The fourth-order valence-corrected chi connectivity index (χ4v) is 3.90. The maximum absolute atomic E-state index is 12.7. The molecular formula is C22H30N4O2. The normalized spacial score (nSPS) is 15.9. The van der Waals surface area contributed by atoms with Gasteiger partial charge in [0.15, 0.2) is 0 Å². The number of aromatic nitrogens is 1. The van der Waals surface area contributed by atoms with E-state index in [0.717, 1.165) is 55.0 Å². The molecule has 3 N–H and O–H groups in total. The molecule has 0 spiro atoms. The summed E-state index contributed by atoms with van der Waals surface area (Å²) in [7, 11) is 0. The van der Waals surface area contributed by atoms with Gasteiger partial charge in [-0.15, -0.1) is 0 Å². The van der Waals surface area contributed by atoms with E-state index in [2.05, 4.69) is 36.2 Å². The van der Waals surface area contributed by atoms with Crippen molar-refractivity contribution in [2.45, 2.75) is 64.3 Å². The van der Waals surface area contributed by atoms with Crippen molar-refractivity contribution in [2.24, 2.45) is 0 Å². The summed E-state index contributed by atoms with van der Waals surface area (Å²) in [5.41, 5.74) is 4.84. The molecule has 1 aromatic carbocycles. The molecule has 1 aliphatic heterocycles. The molecule has 0 bridgehead atoms. The summed E-state index contributed by atoms with van der Waals surface area (Å²) in [6.07, 6.45) is 7.80. The zero-order valence-corrected chi connectivity index (χ0v) is 16.8. The Bertz CT molecular complexity index is 862. The van der Waals surface area contributed by atoms with Gasteiger partial charge in [-0.3, -0.25) is 10.2 Å². The second kappa shape index (κ2) is 8.50. The molecule has 0 atom stereocenters. The molecule has 1 saturated heterocycles. The molecule has 1 aliphatic rings. The molecule has 150 valence electrons. The predicted molar refractivity (Wildman–Crippen MR) is 111 cm³/mol. The van der Waals surface area contributed by atoms with Crippen LogP contribution in [0.5, 0.6) is 0 Å². The van der Waals surface area contributed by atoms with E-state index in [-0.39, 0.29) is 18.4 Å². The minimum atomic E-state index is -0.461. The largest absolute Gasteiger partial charge is 0.361 e. The number of nitrogens with zero attached hydrogens (tertiary/aromatic N) is 1. The lowest BCUT2D eigenvalue weighted by molar-refractivity contribution is -0.123. The Morgan fingerprint density at radius 2 is 1.86 bits per heavy atom. The number of fused-ring (bicyclic) bond motifs is 1. The first-order chi connectivity index (χ1) is 13.5. The van der Waals surface area contributed by atoms with Crippen molar-refractivity contribution in [3.63, 3.8) is 0 Å². The van der Waals surface area contributed by atoms with Crippen molar-refractivity contribution < 1.29 is 9.59 Å². The molecule has 0 radical (unpaired) electrons. The smallest absolute Gasteiger partial charge is 0.341 e. The van der Waals surface area contributed by atoms with Gasteiger partial charge in [0.25, 0.3) is 0 Å². The van der Waals surface area contributed by atoms with Crippen LogP contribution in [0.4, 0.5) is 4.79 Å². The van der Waals surface area contributed by atoms with Crippen LogP contribution < -0.4 is 10.7 Å². The number of unbranched alkanes of at least 4 members (excludes halogenated alkanes) is 2. The van der Waals surface area contributed by atoms with Gasteiger partial charge in [0.05, 0.1) is 17.7 Å². The fourth-order valence-electron chi connectivity index (χ4n) is 3.90. The molecule has 2 heterocycles. The predicted octanol–water partition coefficient (Wildman–Crippen LogP) is 4.40. The monoisotopic (exact) mass is 382 g/mol. The summed E-state index contributed by atoms with van der Waals surface area (Å²) < 4.78 is 0. The molecule has 1 fully saturated rings. The Balaban J connectivity index is 1.71. The van der Waals surface area contributed by atoms with Crippen molar-refractivity contribution in [3.05, 3.63) is 48.3 Å². The topological polar surface area (TPSA) is 77.2 Å². The molecule has 6 nitrogen and oxygen atoms in total. The molecular weight excluding hydrogens is 352 g/mol. The average Bonchev–Trinajstić information content (AvgIpc) is 3.19. The van der Waals surface area contributed by atoms with Gasteiger partial charge < -0.3 is 10.3 Å². The van der Waals surface area contributed by atoms with Gasteiger partial charge in [0, 0.05) is 17.1 Å². The number of carbonyl (C=O) groups excluding carboxylic acids is 2. The minimum absolute atomic E-state index is 0.192. The first-order valence-electron chi connectivity index (χ1n) is 10.2. The number of nitrogens with one attached hydrogen (secondary N) is 3. The Hall–Kier alpha value is -2.76. The fraction of sp³-hybridized carbons (Fsp3) is 0.455. The number of benzene rings is 1. The SMILES string of the molecule is C=C1N(NC(=O)Cc2c[nH]c3ccccc23)C(=O)NC1(CCCC)CCCC. The number of rotatable bonds is 9. The summed E-state index contributed by atoms with van der Waals surface area (Å²) in [4.78, 5) is 28.4. The van der Waals surface area contributed by atoms with E-state index in [9.17, 15) is 9.59 Å². The first kappa shape index (κ1) is 20.0. The van der Waals surface area contributed by atoms with Crippen LogP contribution in [0.2, 0.25) is 0 Å². The number of carbonyl (C=O) groups is 2. The van der Waals surface area contributed by atoms with E-state index < -0.39 is 5.54 Å². The van der Waals surface area contributed by atoms with Gasteiger partial charge in [-0.2, -0.15) is 0 Å². The standard InChI is InChI=1S/C22H30N4O2/c1-4-6-12-22(13-7-5-2)16(3)26(21(28)24-22)25-20(27)14-17-15-23-19-11-9-8-10-18(17)19/h8-11,15,23H,3-7,12-14H2,1-2H3,(H,24,28)(H,25,27). The summed E-state index contributed by atoms with van der Waals surface area (Å²) in [5, 5.41) is 5.42. The van der Waals surface area contributed by atoms with Crippen molar-refractivity contribution in [3.8, 4) is 0 Å². The molecule has 0 unspecified atom stereocenters. The summed E-state index contributed by atoms with van der Waals surface area (Å²) in [6.45, 7) is 8.43. The van der Waals surface area contributed by atoms with E-state index in [1.54, 1.807) is 0 Å². The van der Waals surface area contributed by atoms with Crippen molar-refractivity contribution in [2.75, 3.05) is 0 Å². The van der Waals surface area contributed by atoms with Gasteiger partial charge in [0.2, 0.25) is 5.91 Å². The zero-order chi connectivity index (χ0) is 20.1. The highest BCUT2D eigenvalue weighted by molar-refractivity contribution is 5.90. The third kappa shape index (κ3) is 3.91. The number of H-pyrrole nitrogens is 1. The van der Waals surface area contributed by atoms with Gasteiger partial charge in [-0.05, 0) is 24.5 Å². The highest BCUT2D eigenvalue weighted by Gasteiger charge is 2.46. The Labute approximate surface area is 166 Å². The van der Waals surface area contributed by atoms with E-state index >= 15 is 0 Å². The zero-order valence-electron chi connectivity index (χ0n) is 16.8. The van der Waals surface area contributed by atoms with Crippen LogP contribution in [0.15, 0.2) is 42.7 Å². The van der Waals surface area contributed by atoms with Crippen LogP contribution in [0.3, 0.4) is 0 Å². The molecule has 6 heteroatoms. The highest BCUT2D eigenvalue weighted by Crippen LogP contribution is 2.34. The minimum Gasteiger partial charge on any atom is -0.361 e. The quantitative estimate of drug-likeness (QED) is 0.601. The molecule has 2 aromatic rings. The summed E-state index contributed by atoms with van der Waals surface area (Å²) in [6, 6.07) is 7.56. The van der Waals surface area contributed by atoms with Crippen LogP contribution in [0.25, 0.3) is 10.9 Å². The van der Waals surface area contributed by atoms with Crippen molar-refractivity contribution in [1.29, 1.82) is 0 Å². The molecule has 28 heavy (non-hydrogen) atoms. The second-order valence-corrected chi connectivity index (χ2v) is 7.57. The second-order valence-electron chi connectivity index (χ2n) is 7.57. The Morgan fingerprint density at radius 3 is 2.54 bits per heavy atom. The van der Waals surface area contributed by atoms with Crippen LogP contribution in [0, 0.1) is 0 Å². The lowest BCUT2D eigenvalue weighted by Crippen LogP contribution is -2.43. The lowest BCUT2D eigenvalue weighted by atomic mass is 9.85. The summed E-state index contributed by atoms with van der Waals surface area (Å²) in [5.74, 6) is -0.233. The molecule has 0 aliphatic carbocycles. The van der Waals surface area contributed by atoms with Gasteiger partial charge in [-0.25, -0.2) is 9.80 Å². The maximum atomic E-state index is 12.7. The van der Waals surface area contributed by atoms with Gasteiger partial charge in [-0.1, -0.05) is 64.3 Å². The lowest BCUT2D eigenvalue weighted by Gasteiger charge is -2.30. The van der Waals surface area contributed by atoms with Crippen LogP contribution in [-0.4, -0.2) is 27.5 Å². The number of hydrogen-bond donors (Lipinski definition) is 3. The first-order valence-corrected chi connectivity index (χ1v) is 10.2. The van der Waals surface area contributed by atoms with E-state index in [4.69, 9.17) is 0 Å². The van der Waals surface area contributed by atoms with E-state index in [1.807, 2.05) is 30.5 Å².